The van der Waals surface area contributed by atoms with E-state index in [9.17, 15) is 0 Å². The lowest BCUT2D eigenvalue weighted by Gasteiger charge is -2.48. The van der Waals surface area contributed by atoms with E-state index >= 15 is 0 Å². The van der Waals surface area contributed by atoms with Crippen LogP contribution in [0, 0.1) is 23.7 Å². The fourth-order valence-electron chi connectivity index (χ4n) is 4.84. The molecular formula is C19H36N2. The maximum atomic E-state index is 3.95. The minimum atomic E-state index is 0.387. The molecule has 0 saturated heterocycles. The van der Waals surface area contributed by atoms with E-state index in [0.717, 1.165) is 30.8 Å². The van der Waals surface area contributed by atoms with Gasteiger partial charge in [0.05, 0.1) is 0 Å². The highest BCUT2D eigenvalue weighted by Crippen LogP contribution is 2.46. The highest BCUT2D eigenvalue weighted by molar-refractivity contribution is 4.98. The second-order valence-corrected chi connectivity index (χ2v) is 8.05. The predicted molar refractivity (Wildman–Crippen MR) is 92.5 cm³/mol. The molecule has 2 rings (SSSR count). The lowest BCUT2D eigenvalue weighted by Crippen LogP contribution is -2.51. The van der Waals surface area contributed by atoms with E-state index in [-0.39, 0.29) is 0 Å². The zero-order valence-electron chi connectivity index (χ0n) is 14.6. The Balaban J connectivity index is 1.84. The SMILES string of the molecule is CCC(C=CCNC)CNC1(C)CC2CC(C)CC(C2)C1. The number of hydrogen-bond donors (Lipinski definition) is 2. The lowest BCUT2D eigenvalue weighted by atomic mass is 9.62. The fraction of sp³-hybridized carbons (Fsp3) is 0.895. The van der Waals surface area contributed by atoms with Gasteiger partial charge in [-0.2, -0.15) is 0 Å². The molecule has 2 aliphatic carbocycles. The summed E-state index contributed by atoms with van der Waals surface area (Å²) in [5.74, 6) is 3.59. The topological polar surface area (TPSA) is 24.1 Å². The first-order chi connectivity index (χ1) is 10.0. The third-order valence-electron chi connectivity index (χ3n) is 5.66. The summed E-state index contributed by atoms with van der Waals surface area (Å²) >= 11 is 0. The summed E-state index contributed by atoms with van der Waals surface area (Å²) in [7, 11) is 2.01. The third-order valence-corrected chi connectivity index (χ3v) is 5.66. The van der Waals surface area contributed by atoms with Crippen LogP contribution in [0.25, 0.3) is 0 Å². The second kappa shape index (κ2) is 7.78. The highest BCUT2D eigenvalue weighted by Gasteiger charge is 2.40. The number of hydrogen-bond acceptors (Lipinski definition) is 2. The van der Waals surface area contributed by atoms with Crippen molar-refractivity contribution in [3.8, 4) is 0 Å². The summed E-state index contributed by atoms with van der Waals surface area (Å²) in [5, 5.41) is 7.13. The average Bonchev–Trinajstić information content (AvgIpc) is 2.41. The number of rotatable bonds is 7. The van der Waals surface area contributed by atoms with Gasteiger partial charge in [-0.15, -0.1) is 0 Å². The zero-order valence-corrected chi connectivity index (χ0v) is 14.6. The van der Waals surface area contributed by atoms with E-state index in [1.54, 1.807) is 0 Å². The van der Waals surface area contributed by atoms with Gasteiger partial charge in [-0.3, -0.25) is 0 Å². The van der Waals surface area contributed by atoms with Gasteiger partial charge in [0, 0.05) is 18.6 Å². The predicted octanol–water partition coefficient (Wildman–Crippen LogP) is 3.98. The quantitative estimate of drug-likeness (QED) is 0.694. The van der Waals surface area contributed by atoms with Gasteiger partial charge < -0.3 is 10.6 Å². The van der Waals surface area contributed by atoms with Crippen LogP contribution in [-0.4, -0.2) is 25.7 Å². The Morgan fingerprint density at radius 1 is 1.19 bits per heavy atom. The van der Waals surface area contributed by atoms with Crippen LogP contribution in [0.2, 0.25) is 0 Å². The molecule has 2 nitrogen and oxygen atoms in total. The normalized spacial score (nSPS) is 37.8. The molecule has 21 heavy (non-hydrogen) atoms. The monoisotopic (exact) mass is 292 g/mol. The van der Waals surface area contributed by atoms with Gasteiger partial charge in [-0.25, -0.2) is 0 Å². The van der Waals surface area contributed by atoms with Crippen LogP contribution in [0.15, 0.2) is 12.2 Å². The first kappa shape index (κ1) is 17.0. The molecule has 2 aliphatic rings. The van der Waals surface area contributed by atoms with Gasteiger partial charge in [0.1, 0.15) is 0 Å². The van der Waals surface area contributed by atoms with Crippen LogP contribution >= 0.6 is 0 Å². The number of likely N-dealkylation sites (N-methyl/N-ethyl adjacent to an activating group) is 1. The first-order valence-corrected chi connectivity index (χ1v) is 9.11. The van der Waals surface area contributed by atoms with Crippen molar-refractivity contribution in [1.29, 1.82) is 0 Å². The van der Waals surface area contributed by atoms with Gasteiger partial charge in [-0.1, -0.05) is 26.0 Å². The molecule has 0 heterocycles. The van der Waals surface area contributed by atoms with Crippen molar-refractivity contribution in [3.05, 3.63) is 12.2 Å². The molecule has 2 fully saturated rings. The molecule has 3 unspecified atom stereocenters. The second-order valence-electron chi connectivity index (χ2n) is 8.05. The van der Waals surface area contributed by atoms with E-state index in [1.807, 2.05) is 7.05 Å². The zero-order chi connectivity index (χ0) is 15.3. The first-order valence-electron chi connectivity index (χ1n) is 9.11. The van der Waals surface area contributed by atoms with Crippen molar-refractivity contribution in [2.24, 2.45) is 23.7 Å². The molecule has 0 aromatic carbocycles. The highest BCUT2D eigenvalue weighted by atomic mass is 15.0. The minimum absolute atomic E-state index is 0.387. The van der Waals surface area contributed by atoms with Gasteiger partial charge in [0.15, 0.2) is 0 Å². The van der Waals surface area contributed by atoms with Crippen LogP contribution < -0.4 is 10.6 Å². The van der Waals surface area contributed by atoms with Crippen LogP contribution in [0.3, 0.4) is 0 Å². The average molecular weight is 293 g/mol. The van der Waals surface area contributed by atoms with E-state index in [1.165, 1.54) is 38.5 Å². The summed E-state index contributed by atoms with van der Waals surface area (Å²) < 4.78 is 0. The molecule has 0 aromatic rings. The Kier molecular flexibility index (Phi) is 6.31. The maximum absolute atomic E-state index is 3.95. The van der Waals surface area contributed by atoms with E-state index in [4.69, 9.17) is 0 Å². The molecule has 0 aliphatic heterocycles. The Hall–Kier alpha value is -0.340. The molecule has 2 bridgehead atoms. The molecule has 0 radical (unpaired) electrons. The van der Waals surface area contributed by atoms with Crippen LogP contribution in [-0.2, 0) is 0 Å². The van der Waals surface area contributed by atoms with Gasteiger partial charge in [-0.05, 0) is 76.2 Å². The summed E-state index contributed by atoms with van der Waals surface area (Å²) in [6.45, 7) is 9.36. The summed E-state index contributed by atoms with van der Waals surface area (Å²) in [6, 6.07) is 0. The maximum Gasteiger partial charge on any atom is 0.0158 e. The number of nitrogens with one attached hydrogen (secondary N) is 2. The van der Waals surface area contributed by atoms with Crippen LogP contribution in [0.1, 0.15) is 59.3 Å². The van der Waals surface area contributed by atoms with Crippen molar-refractivity contribution in [3.63, 3.8) is 0 Å². The van der Waals surface area contributed by atoms with Crippen molar-refractivity contribution in [2.75, 3.05) is 20.1 Å². The van der Waals surface area contributed by atoms with E-state index in [2.05, 4.69) is 43.6 Å². The smallest absolute Gasteiger partial charge is 0.0158 e. The van der Waals surface area contributed by atoms with Gasteiger partial charge in [0.25, 0.3) is 0 Å². The molecular weight excluding hydrogens is 256 g/mol. The molecule has 3 atom stereocenters. The molecule has 0 spiro atoms. The van der Waals surface area contributed by atoms with Gasteiger partial charge >= 0.3 is 0 Å². The van der Waals surface area contributed by atoms with Crippen molar-refractivity contribution in [2.45, 2.75) is 64.8 Å². The molecule has 122 valence electrons. The largest absolute Gasteiger partial charge is 0.316 e. The van der Waals surface area contributed by atoms with Crippen molar-refractivity contribution in [1.82, 2.24) is 10.6 Å². The van der Waals surface area contributed by atoms with Crippen LogP contribution in [0.5, 0.6) is 0 Å². The Labute approximate surface area is 132 Å². The van der Waals surface area contributed by atoms with Crippen molar-refractivity contribution >= 4 is 0 Å². The summed E-state index contributed by atoms with van der Waals surface area (Å²) in [5.41, 5.74) is 0.387. The molecule has 0 aromatic heterocycles. The minimum Gasteiger partial charge on any atom is -0.316 e. The Bertz CT molecular complexity index is 318. The molecule has 0 amide bonds. The van der Waals surface area contributed by atoms with E-state index in [0.29, 0.717) is 11.5 Å². The van der Waals surface area contributed by atoms with Crippen molar-refractivity contribution < 1.29 is 0 Å². The van der Waals surface area contributed by atoms with E-state index < -0.39 is 0 Å². The van der Waals surface area contributed by atoms with Gasteiger partial charge in [0.2, 0.25) is 0 Å². The Morgan fingerprint density at radius 3 is 2.43 bits per heavy atom. The standard InChI is InChI=1S/C19H36N2/c1-5-16(7-6-8-20-4)14-21-19(3)12-17-9-15(2)10-18(11-17)13-19/h6-7,15-18,20-21H,5,8-14H2,1-4H3. The molecule has 2 saturated carbocycles. The fourth-order valence-corrected chi connectivity index (χ4v) is 4.84. The molecule has 2 N–H and O–H groups in total. The summed E-state index contributed by atoms with van der Waals surface area (Å²) in [6.07, 6.45) is 13.1. The lowest BCUT2D eigenvalue weighted by molar-refractivity contribution is 0.0722. The molecule has 2 heteroatoms. The number of fused-ring (bicyclic) bond motifs is 2. The third kappa shape index (κ3) is 5.10. The van der Waals surface area contributed by atoms with Crippen LogP contribution in [0.4, 0.5) is 0 Å². The Morgan fingerprint density at radius 2 is 1.86 bits per heavy atom. The summed E-state index contributed by atoms with van der Waals surface area (Å²) in [4.78, 5) is 0.